The average Bonchev–Trinajstić information content (AvgIpc) is 3.22. The SMILES string of the molecule is COc1ccc(-c2nc3ccc(F)cc3c3c2-c2ccc(OC)cc2/C3=N\OCCCN(C)C)cc1. The Kier molecular flexibility index (Phi) is 6.57. The Labute approximate surface area is 209 Å². The molecule has 3 aromatic carbocycles. The number of hydrogen-bond donors (Lipinski definition) is 0. The van der Waals surface area contributed by atoms with Crippen LogP contribution in [0.3, 0.4) is 0 Å². The Bertz CT molecular complexity index is 1450. The number of rotatable bonds is 8. The molecule has 0 amide bonds. The highest BCUT2D eigenvalue weighted by atomic mass is 19.1. The standard InChI is InChI=1S/C29H28FN3O3/c1-33(2)14-5-15-36-32-29-23-17-21(35-4)11-12-22(23)26-27(29)24-16-19(30)8-13-25(24)31-28(26)18-6-9-20(34-3)10-7-18/h6-13,16-17H,5,14-15H2,1-4H3/b32-29+. The molecule has 0 unspecified atom stereocenters. The lowest BCUT2D eigenvalue weighted by molar-refractivity contribution is 0.135. The van der Waals surface area contributed by atoms with Gasteiger partial charge in [-0.2, -0.15) is 0 Å². The van der Waals surface area contributed by atoms with Crippen molar-refractivity contribution in [3.05, 3.63) is 77.6 Å². The zero-order valence-electron chi connectivity index (χ0n) is 20.8. The lowest BCUT2D eigenvalue weighted by Crippen LogP contribution is -2.14. The molecule has 0 N–H and O–H groups in total. The summed E-state index contributed by atoms with van der Waals surface area (Å²) >= 11 is 0. The van der Waals surface area contributed by atoms with Gasteiger partial charge in [-0.25, -0.2) is 9.37 Å². The van der Waals surface area contributed by atoms with Gasteiger partial charge >= 0.3 is 0 Å². The topological polar surface area (TPSA) is 56.2 Å². The van der Waals surface area contributed by atoms with Crippen molar-refractivity contribution in [3.63, 3.8) is 0 Å². The Hall–Kier alpha value is -3.97. The van der Waals surface area contributed by atoms with Crippen molar-refractivity contribution in [1.82, 2.24) is 9.88 Å². The van der Waals surface area contributed by atoms with Crippen molar-refractivity contribution >= 4 is 16.6 Å². The molecule has 4 aromatic rings. The van der Waals surface area contributed by atoms with Crippen LogP contribution in [0.4, 0.5) is 4.39 Å². The highest BCUT2D eigenvalue weighted by Gasteiger charge is 2.32. The van der Waals surface area contributed by atoms with Gasteiger partial charge in [0, 0.05) is 34.2 Å². The molecule has 1 aliphatic rings. The molecule has 36 heavy (non-hydrogen) atoms. The van der Waals surface area contributed by atoms with Gasteiger partial charge in [-0.1, -0.05) is 5.16 Å². The minimum atomic E-state index is -0.330. The molecule has 6 nitrogen and oxygen atoms in total. The summed E-state index contributed by atoms with van der Waals surface area (Å²) in [6.07, 6.45) is 0.838. The molecular formula is C29H28FN3O3. The van der Waals surface area contributed by atoms with Gasteiger partial charge in [0.1, 0.15) is 29.6 Å². The van der Waals surface area contributed by atoms with Crippen LogP contribution in [-0.2, 0) is 4.84 Å². The fraction of sp³-hybridized carbons (Fsp3) is 0.241. The summed E-state index contributed by atoms with van der Waals surface area (Å²) in [5, 5.41) is 5.28. The summed E-state index contributed by atoms with van der Waals surface area (Å²) in [5.74, 6) is 1.14. The van der Waals surface area contributed by atoms with Crippen LogP contribution in [0.25, 0.3) is 33.3 Å². The summed E-state index contributed by atoms with van der Waals surface area (Å²) in [6, 6.07) is 18.3. The molecule has 0 aliphatic heterocycles. The fourth-order valence-electron chi connectivity index (χ4n) is 4.55. The Morgan fingerprint density at radius 3 is 2.33 bits per heavy atom. The van der Waals surface area contributed by atoms with Gasteiger partial charge in [-0.3, -0.25) is 0 Å². The molecule has 0 saturated carbocycles. The van der Waals surface area contributed by atoms with Gasteiger partial charge in [-0.05, 0) is 86.7 Å². The minimum Gasteiger partial charge on any atom is -0.497 e. The van der Waals surface area contributed by atoms with Crippen molar-refractivity contribution < 1.29 is 18.7 Å². The third-order valence-corrected chi connectivity index (χ3v) is 6.30. The molecule has 5 rings (SSSR count). The van der Waals surface area contributed by atoms with Crippen molar-refractivity contribution in [3.8, 4) is 33.9 Å². The molecule has 0 fully saturated rings. The number of fused-ring (bicyclic) bond motifs is 5. The van der Waals surface area contributed by atoms with Gasteiger partial charge in [0.25, 0.3) is 0 Å². The quantitative estimate of drug-likeness (QED) is 0.207. The van der Waals surface area contributed by atoms with Crippen LogP contribution >= 0.6 is 0 Å². The molecule has 184 valence electrons. The second kappa shape index (κ2) is 9.95. The largest absolute Gasteiger partial charge is 0.497 e. The molecular weight excluding hydrogens is 457 g/mol. The molecule has 0 radical (unpaired) electrons. The van der Waals surface area contributed by atoms with Crippen molar-refractivity contribution in [2.24, 2.45) is 5.16 Å². The number of pyridine rings is 1. The normalized spacial score (nSPS) is 13.2. The summed E-state index contributed by atoms with van der Waals surface area (Å²) in [7, 11) is 7.32. The lowest BCUT2D eigenvalue weighted by atomic mass is 9.96. The van der Waals surface area contributed by atoms with Crippen molar-refractivity contribution in [2.45, 2.75) is 6.42 Å². The number of ether oxygens (including phenoxy) is 2. The van der Waals surface area contributed by atoms with E-state index in [1.807, 2.05) is 56.6 Å². The van der Waals surface area contributed by atoms with E-state index in [2.05, 4.69) is 10.1 Å². The van der Waals surface area contributed by atoms with Crippen LogP contribution in [0, 0.1) is 5.82 Å². The van der Waals surface area contributed by atoms with Crippen LogP contribution in [0.1, 0.15) is 17.5 Å². The molecule has 0 atom stereocenters. The van der Waals surface area contributed by atoms with Crippen LogP contribution in [0.15, 0.2) is 65.8 Å². The van der Waals surface area contributed by atoms with Crippen LogP contribution < -0.4 is 9.47 Å². The first-order valence-electron chi connectivity index (χ1n) is 11.8. The predicted molar refractivity (Wildman–Crippen MR) is 140 cm³/mol. The van der Waals surface area contributed by atoms with E-state index in [0.717, 1.165) is 52.2 Å². The molecule has 7 heteroatoms. The van der Waals surface area contributed by atoms with Crippen molar-refractivity contribution in [2.75, 3.05) is 41.5 Å². The summed E-state index contributed by atoms with van der Waals surface area (Å²) in [4.78, 5) is 12.9. The van der Waals surface area contributed by atoms with Gasteiger partial charge < -0.3 is 19.2 Å². The van der Waals surface area contributed by atoms with Gasteiger partial charge in [0.05, 0.1) is 25.4 Å². The van der Waals surface area contributed by atoms with Crippen LogP contribution in [-0.4, -0.2) is 57.1 Å². The van der Waals surface area contributed by atoms with E-state index in [-0.39, 0.29) is 5.82 Å². The molecule has 1 heterocycles. The minimum absolute atomic E-state index is 0.330. The Morgan fingerprint density at radius 2 is 1.61 bits per heavy atom. The third-order valence-electron chi connectivity index (χ3n) is 6.30. The van der Waals surface area contributed by atoms with Crippen molar-refractivity contribution in [1.29, 1.82) is 0 Å². The van der Waals surface area contributed by atoms with Crippen LogP contribution in [0.2, 0.25) is 0 Å². The highest BCUT2D eigenvalue weighted by molar-refractivity contribution is 6.31. The van der Waals surface area contributed by atoms with E-state index in [1.165, 1.54) is 12.1 Å². The second-order valence-electron chi connectivity index (χ2n) is 8.94. The smallest absolute Gasteiger partial charge is 0.123 e. The van der Waals surface area contributed by atoms with Gasteiger partial charge in [0.15, 0.2) is 0 Å². The maximum atomic E-state index is 14.5. The zero-order valence-corrected chi connectivity index (χ0v) is 20.8. The number of nitrogens with zero attached hydrogens (tertiary/aromatic N) is 3. The van der Waals surface area contributed by atoms with E-state index in [4.69, 9.17) is 19.3 Å². The first-order valence-corrected chi connectivity index (χ1v) is 11.8. The van der Waals surface area contributed by atoms with Gasteiger partial charge in [0.2, 0.25) is 0 Å². The van der Waals surface area contributed by atoms with E-state index in [0.29, 0.717) is 29.0 Å². The first-order chi connectivity index (χ1) is 17.5. The number of benzene rings is 3. The second-order valence-corrected chi connectivity index (χ2v) is 8.94. The molecule has 0 saturated heterocycles. The molecule has 0 bridgehead atoms. The third kappa shape index (κ3) is 4.38. The lowest BCUT2D eigenvalue weighted by Gasteiger charge is -2.13. The predicted octanol–water partition coefficient (Wildman–Crippen LogP) is 5.76. The number of hydrogen-bond acceptors (Lipinski definition) is 6. The van der Waals surface area contributed by atoms with Gasteiger partial charge in [-0.15, -0.1) is 0 Å². The molecule has 1 aliphatic carbocycles. The zero-order chi connectivity index (χ0) is 25.2. The maximum Gasteiger partial charge on any atom is 0.123 e. The monoisotopic (exact) mass is 485 g/mol. The summed E-state index contributed by atoms with van der Waals surface area (Å²) < 4.78 is 25.3. The Balaban J connectivity index is 1.74. The average molecular weight is 486 g/mol. The first kappa shape index (κ1) is 23.8. The summed E-state index contributed by atoms with van der Waals surface area (Å²) in [5.41, 5.74) is 6.56. The molecule has 0 spiro atoms. The highest BCUT2D eigenvalue weighted by Crippen LogP contribution is 2.46. The van der Waals surface area contributed by atoms with E-state index >= 15 is 0 Å². The molecule has 1 aromatic heterocycles. The number of halogens is 1. The maximum absolute atomic E-state index is 14.5. The van der Waals surface area contributed by atoms with E-state index in [1.54, 1.807) is 20.3 Å². The van der Waals surface area contributed by atoms with Crippen LogP contribution in [0.5, 0.6) is 11.5 Å². The Morgan fingerprint density at radius 1 is 0.861 bits per heavy atom. The fourth-order valence-corrected chi connectivity index (χ4v) is 4.55. The number of oxime groups is 1. The number of methoxy groups -OCH3 is 2. The van der Waals surface area contributed by atoms with E-state index < -0.39 is 0 Å². The summed E-state index contributed by atoms with van der Waals surface area (Å²) in [6.45, 7) is 1.37. The van der Waals surface area contributed by atoms with E-state index in [9.17, 15) is 4.39 Å². The number of aromatic nitrogens is 1.